The number of rotatable bonds is 5. The van der Waals surface area contributed by atoms with Gasteiger partial charge < -0.3 is 10.4 Å². The molecule has 0 atom stereocenters. The molecular weight excluding hydrogens is 219 g/mol. The minimum absolute atomic E-state index is 0.0793. The van der Waals surface area contributed by atoms with Gasteiger partial charge >= 0.3 is 5.97 Å². The Bertz CT molecular complexity index is 422. The van der Waals surface area contributed by atoms with Crippen LogP contribution in [0.15, 0.2) is 18.2 Å². The molecular formula is C9H9FN2O4. The standard InChI is InChI=1S/C9H9FN2O4/c10-6-3-7(11-2-1-9(13)14)5-8(4-6)12(15)16/h3-5,11H,1-2H2,(H,13,14). The number of halogens is 1. The van der Waals surface area contributed by atoms with Gasteiger partial charge in [-0.1, -0.05) is 0 Å². The van der Waals surface area contributed by atoms with E-state index in [2.05, 4.69) is 5.32 Å². The maximum atomic E-state index is 12.9. The molecule has 0 aromatic heterocycles. The van der Waals surface area contributed by atoms with E-state index in [1.807, 2.05) is 0 Å². The van der Waals surface area contributed by atoms with E-state index >= 15 is 0 Å². The van der Waals surface area contributed by atoms with E-state index in [9.17, 15) is 19.3 Å². The Morgan fingerprint density at radius 3 is 2.75 bits per heavy atom. The number of nitro groups is 1. The van der Waals surface area contributed by atoms with Gasteiger partial charge in [0, 0.05) is 18.3 Å². The minimum atomic E-state index is -1.00. The fourth-order valence-corrected chi connectivity index (χ4v) is 1.10. The first-order chi connectivity index (χ1) is 7.49. The second kappa shape index (κ2) is 5.06. The molecule has 0 heterocycles. The zero-order valence-corrected chi connectivity index (χ0v) is 8.14. The molecule has 0 saturated carbocycles. The molecule has 0 aliphatic rings. The number of benzene rings is 1. The highest BCUT2D eigenvalue weighted by atomic mass is 19.1. The Hall–Kier alpha value is -2.18. The monoisotopic (exact) mass is 228 g/mol. The zero-order valence-electron chi connectivity index (χ0n) is 8.14. The third-order valence-corrected chi connectivity index (χ3v) is 1.76. The van der Waals surface area contributed by atoms with Gasteiger partial charge in [-0.3, -0.25) is 14.9 Å². The largest absolute Gasteiger partial charge is 0.481 e. The Kier molecular flexibility index (Phi) is 3.76. The van der Waals surface area contributed by atoms with Gasteiger partial charge in [0.15, 0.2) is 0 Å². The number of hydrogen-bond donors (Lipinski definition) is 2. The van der Waals surface area contributed by atoms with Crippen LogP contribution in [-0.4, -0.2) is 22.5 Å². The normalized spacial score (nSPS) is 9.81. The molecule has 16 heavy (non-hydrogen) atoms. The first-order valence-electron chi connectivity index (χ1n) is 4.39. The molecule has 0 unspecified atom stereocenters. The van der Waals surface area contributed by atoms with Crippen LogP contribution < -0.4 is 5.32 Å². The van der Waals surface area contributed by atoms with Gasteiger partial charge in [0.05, 0.1) is 17.4 Å². The maximum Gasteiger partial charge on any atom is 0.305 e. The summed E-state index contributed by atoms with van der Waals surface area (Å²) in [6, 6.07) is 3.00. The highest BCUT2D eigenvalue weighted by molar-refractivity contribution is 5.67. The van der Waals surface area contributed by atoms with Gasteiger partial charge in [0.1, 0.15) is 5.82 Å². The Morgan fingerprint density at radius 2 is 2.19 bits per heavy atom. The first kappa shape index (κ1) is 11.9. The SMILES string of the molecule is O=C(O)CCNc1cc(F)cc([N+](=O)[O-])c1. The van der Waals surface area contributed by atoms with Crippen LogP contribution in [0.3, 0.4) is 0 Å². The quantitative estimate of drug-likeness (QED) is 0.590. The lowest BCUT2D eigenvalue weighted by Crippen LogP contribution is -2.07. The van der Waals surface area contributed by atoms with Gasteiger partial charge in [-0.2, -0.15) is 0 Å². The summed E-state index contributed by atoms with van der Waals surface area (Å²) >= 11 is 0. The van der Waals surface area contributed by atoms with Crippen LogP contribution >= 0.6 is 0 Å². The van der Waals surface area contributed by atoms with Crippen molar-refractivity contribution in [3.05, 3.63) is 34.1 Å². The lowest BCUT2D eigenvalue weighted by Gasteiger charge is -2.04. The Morgan fingerprint density at radius 1 is 1.50 bits per heavy atom. The Balaban J connectivity index is 2.72. The average molecular weight is 228 g/mol. The zero-order chi connectivity index (χ0) is 12.1. The molecule has 7 heteroatoms. The summed E-state index contributed by atoms with van der Waals surface area (Å²) in [5.41, 5.74) is -0.189. The van der Waals surface area contributed by atoms with E-state index in [-0.39, 0.29) is 24.3 Å². The molecule has 0 fully saturated rings. The molecule has 1 rings (SSSR count). The average Bonchev–Trinajstić information content (AvgIpc) is 2.16. The predicted octanol–water partition coefficient (Wildman–Crippen LogP) is 1.62. The highest BCUT2D eigenvalue weighted by Gasteiger charge is 2.09. The number of nitrogens with zero attached hydrogens (tertiary/aromatic N) is 1. The first-order valence-corrected chi connectivity index (χ1v) is 4.39. The molecule has 1 aromatic carbocycles. The van der Waals surface area contributed by atoms with Crippen molar-refractivity contribution in [3.63, 3.8) is 0 Å². The molecule has 6 nitrogen and oxygen atoms in total. The summed E-state index contributed by atoms with van der Waals surface area (Å²) in [6.07, 6.45) is -0.149. The smallest absolute Gasteiger partial charge is 0.305 e. The third kappa shape index (κ3) is 3.52. The summed E-state index contributed by atoms with van der Waals surface area (Å²) in [5.74, 6) is -1.74. The molecule has 0 aliphatic carbocycles. The molecule has 86 valence electrons. The Labute approximate surface area is 89.9 Å². The van der Waals surface area contributed by atoms with Crippen LogP contribution in [0.5, 0.6) is 0 Å². The number of hydrogen-bond acceptors (Lipinski definition) is 4. The summed E-state index contributed by atoms with van der Waals surface area (Å²) in [4.78, 5) is 19.9. The van der Waals surface area contributed by atoms with Crippen LogP contribution in [0, 0.1) is 15.9 Å². The van der Waals surface area contributed by atoms with Crippen molar-refractivity contribution < 1.29 is 19.2 Å². The number of aliphatic carboxylic acids is 1. The third-order valence-electron chi connectivity index (χ3n) is 1.76. The lowest BCUT2D eigenvalue weighted by molar-refractivity contribution is -0.385. The van der Waals surface area contributed by atoms with E-state index in [0.29, 0.717) is 0 Å². The molecule has 0 spiro atoms. The second-order valence-corrected chi connectivity index (χ2v) is 3.03. The molecule has 0 amide bonds. The summed E-state index contributed by atoms with van der Waals surface area (Å²) in [7, 11) is 0. The fourth-order valence-electron chi connectivity index (χ4n) is 1.10. The topological polar surface area (TPSA) is 92.5 Å². The number of carbonyl (C=O) groups is 1. The van der Waals surface area contributed by atoms with E-state index in [0.717, 1.165) is 18.2 Å². The predicted molar refractivity (Wildman–Crippen MR) is 53.8 cm³/mol. The second-order valence-electron chi connectivity index (χ2n) is 3.03. The van der Waals surface area contributed by atoms with Gasteiger partial charge in [0.2, 0.25) is 0 Å². The number of nitrogens with one attached hydrogen (secondary N) is 1. The molecule has 1 aromatic rings. The maximum absolute atomic E-state index is 12.9. The number of anilines is 1. The minimum Gasteiger partial charge on any atom is -0.481 e. The number of non-ortho nitro benzene ring substituents is 1. The van der Waals surface area contributed by atoms with E-state index in [1.165, 1.54) is 0 Å². The van der Waals surface area contributed by atoms with Crippen molar-refractivity contribution >= 4 is 17.3 Å². The van der Waals surface area contributed by atoms with Gasteiger partial charge in [-0.15, -0.1) is 0 Å². The molecule has 0 radical (unpaired) electrons. The molecule has 0 saturated heterocycles. The van der Waals surface area contributed by atoms with Gasteiger partial charge in [0.25, 0.3) is 5.69 Å². The van der Waals surface area contributed by atoms with E-state index < -0.39 is 16.7 Å². The summed E-state index contributed by atoms with van der Waals surface area (Å²) in [5, 5.41) is 21.4. The van der Waals surface area contributed by atoms with Crippen LogP contribution in [-0.2, 0) is 4.79 Å². The van der Waals surface area contributed by atoms with Crippen molar-refractivity contribution in [1.29, 1.82) is 0 Å². The number of carboxylic acids is 1. The van der Waals surface area contributed by atoms with Crippen LogP contribution in [0.1, 0.15) is 6.42 Å². The number of carboxylic acid groups (broad SMARTS) is 1. The van der Waals surface area contributed by atoms with Crippen LogP contribution in [0.25, 0.3) is 0 Å². The van der Waals surface area contributed by atoms with Crippen molar-refractivity contribution in [2.75, 3.05) is 11.9 Å². The van der Waals surface area contributed by atoms with Crippen molar-refractivity contribution in [1.82, 2.24) is 0 Å². The lowest BCUT2D eigenvalue weighted by atomic mass is 10.2. The number of nitro benzene ring substituents is 1. The van der Waals surface area contributed by atoms with E-state index in [4.69, 9.17) is 5.11 Å². The van der Waals surface area contributed by atoms with Crippen LogP contribution in [0.4, 0.5) is 15.8 Å². The molecule has 2 N–H and O–H groups in total. The molecule has 0 aliphatic heterocycles. The fraction of sp³-hybridized carbons (Fsp3) is 0.222. The van der Waals surface area contributed by atoms with Gasteiger partial charge in [-0.05, 0) is 6.07 Å². The van der Waals surface area contributed by atoms with E-state index in [1.54, 1.807) is 0 Å². The highest BCUT2D eigenvalue weighted by Crippen LogP contribution is 2.19. The van der Waals surface area contributed by atoms with Crippen LogP contribution in [0.2, 0.25) is 0 Å². The summed E-state index contributed by atoms with van der Waals surface area (Å²) < 4.78 is 12.9. The van der Waals surface area contributed by atoms with Crippen molar-refractivity contribution in [2.45, 2.75) is 6.42 Å². The van der Waals surface area contributed by atoms with Crippen molar-refractivity contribution in [2.24, 2.45) is 0 Å². The van der Waals surface area contributed by atoms with Gasteiger partial charge in [-0.25, -0.2) is 4.39 Å². The molecule has 0 bridgehead atoms. The summed E-state index contributed by atoms with van der Waals surface area (Å²) in [6.45, 7) is 0.0793. The van der Waals surface area contributed by atoms with Crippen molar-refractivity contribution in [3.8, 4) is 0 Å².